The lowest BCUT2D eigenvalue weighted by molar-refractivity contribution is -0.143. The summed E-state index contributed by atoms with van der Waals surface area (Å²) in [5.41, 5.74) is 1.95. The summed E-state index contributed by atoms with van der Waals surface area (Å²) in [6, 6.07) is 8.09. The molecule has 0 N–H and O–H groups in total. The normalized spacial score (nSPS) is 23.5. The summed E-state index contributed by atoms with van der Waals surface area (Å²) in [7, 11) is 0. The first-order valence-corrected chi connectivity index (χ1v) is 12.1. The van der Waals surface area contributed by atoms with Gasteiger partial charge >= 0.3 is 0 Å². The lowest BCUT2D eigenvalue weighted by Crippen LogP contribution is -2.50. The molecule has 0 radical (unpaired) electrons. The van der Waals surface area contributed by atoms with E-state index in [-0.39, 0.29) is 29.7 Å². The second-order valence-corrected chi connectivity index (χ2v) is 9.73. The average molecular weight is 424 g/mol. The van der Waals surface area contributed by atoms with E-state index in [9.17, 15) is 14.4 Å². The van der Waals surface area contributed by atoms with Gasteiger partial charge in [0.25, 0.3) is 5.91 Å². The van der Waals surface area contributed by atoms with E-state index in [2.05, 4.69) is 0 Å². The molecular formula is C25H33N3O3. The van der Waals surface area contributed by atoms with E-state index < -0.39 is 0 Å². The molecule has 6 nitrogen and oxygen atoms in total. The number of carbonyl (C=O) groups excluding carboxylic acids is 3. The Balaban J connectivity index is 1.10. The number of amides is 3. The van der Waals surface area contributed by atoms with Gasteiger partial charge in [-0.15, -0.1) is 0 Å². The van der Waals surface area contributed by atoms with Crippen LogP contribution in [0.15, 0.2) is 24.3 Å². The van der Waals surface area contributed by atoms with Gasteiger partial charge in [-0.05, 0) is 50.2 Å². The summed E-state index contributed by atoms with van der Waals surface area (Å²) >= 11 is 0. The van der Waals surface area contributed by atoms with E-state index in [0.29, 0.717) is 12.5 Å². The molecule has 166 valence electrons. The van der Waals surface area contributed by atoms with Crippen molar-refractivity contribution in [3.05, 3.63) is 35.4 Å². The van der Waals surface area contributed by atoms with Gasteiger partial charge in [-0.1, -0.05) is 31.0 Å². The minimum Gasteiger partial charge on any atom is -0.342 e. The van der Waals surface area contributed by atoms with E-state index >= 15 is 0 Å². The highest BCUT2D eigenvalue weighted by molar-refractivity contribution is 5.98. The van der Waals surface area contributed by atoms with Crippen molar-refractivity contribution in [2.75, 3.05) is 26.2 Å². The number of benzene rings is 1. The van der Waals surface area contributed by atoms with Crippen molar-refractivity contribution in [1.82, 2.24) is 14.7 Å². The molecule has 0 spiro atoms. The Morgan fingerprint density at radius 2 is 1.29 bits per heavy atom. The van der Waals surface area contributed by atoms with Crippen LogP contribution in [-0.4, -0.2) is 64.6 Å². The molecule has 1 saturated carbocycles. The Bertz CT molecular complexity index is 847. The number of fused-ring (bicyclic) bond motifs is 1. The zero-order valence-electron chi connectivity index (χ0n) is 18.3. The maximum Gasteiger partial charge on any atom is 0.254 e. The second-order valence-electron chi connectivity index (χ2n) is 9.73. The van der Waals surface area contributed by atoms with Crippen molar-refractivity contribution in [2.24, 2.45) is 11.8 Å². The summed E-state index contributed by atoms with van der Waals surface area (Å²) in [4.78, 5) is 44.5. The molecule has 2 saturated heterocycles. The zero-order chi connectivity index (χ0) is 21.4. The largest absolute Gasteiger partial charge is 0.342 e. The number of carbonyl (C=O) groups is 3. The molecular weight excluding hydrogens is 390 g/mol. The van der Waals surface area contributed by atoms with Gasteiger partial charge in [0, 0.05) is 56.2 Å². The van der Waals surface area contributed by atoms with Gasteiger partial charge < -0.3 is 14.7 Å². The Morgan fingerprint density at radius 1 is 0.742 bits per heavy atom. The fraction of sp³-hybridized carbons (Fsp3) is 0.640. The van der Waals surface area contributed by atoms with E-state index in [1.165, 1.54) is 12.8 Å². The molecule has 3 heterocycles. The standard InChI is InChI=1S/C25H33N3O3/c29-23(18-5-1-2-6-18)26-13-9-19(10-14-26)24(30)27-15-11-21(12-16-27)28-17-20-7-3-4-8-22(20)25(28)31/h3-4,7-8,18-19,21H,1-2,5-6,9-17H2. The van der Waals surface area contributed by atoms with Gasteiger partial charge in [0.05, 0.1) is 0 Å². The Kier molecular flexibility index (Phi) is 5.72. The fourth-order valence-electron chi connectivity index (χ4n) is 6.01. The number of hydrogen-bond donors (Lipinski definition) is 0. The first kappa shape index (κ1) is 20.5. The average Bonchev–Trinajstić information content (AvgIpc) is 3.47. The maximum atomic E-state index is 13.1. The number of nitrogens with zero attached hydrogens (tertiary/aromatic N) is 3. The van der Waals surface area contributed by atoms with Gasteiger partial charge in [0.2, 0.25) is 11.8 Å². The number of likely N-dealkylation sites (tertiary alicyclic amines) is 2. The maximum absolute atomic E-state index is 13.1. The van der Waals surface area contributed by atoms with Crippen molar-refractivity contribution in [3.63, 3.8) is 0 Å². The van der Waals surface area contributed by atoms with Crippen LogP contribution < -0.4 is 0 Å². The van der Waals surface area contributed by atoms with E-state index in [4.69, 9.17) is 0 Å². The molecule has 31 heavy (non-hydrogen) atoms. The van der Waals surface area contributed by atoms with Crippen LogP contribution in [0, 0.1) is 11.8 Å². The molecule has 1 aromatic rings. The zero-order valence-corrected chi connectivity index (χ0v) is 18.3. The van der Waals surface area contributed by atoms with Gasteiger partial charge in [0.1, 0.15) is 0 Å². The summed E-state index contributed by atoms with van der Waals surface area (Å²) in [5, 5.41) is 0. The van der Waals surface area contributed by atoms with Crippen LogP contribution in [-0.2, 0) is 16.1 Å². The topological polar surface area (TPSA) is 60.9 Å². The number of piperidine rings is 2. The Morgan fingerprint density at radius 3 is 1.90 bits per heavy atom. The molecule has 6 heteroatoms. The van der Waals surface area contributed by atoms with Gasteiger partial charge in [-0.25, -0.2) is 0 Å². The Hall–Kier alpha value is -2.37. The molecule has 1 aromatic carbocycles. The van der Waals surface area contributed by atoms with Gasteiger partial charge in [-0.2, -0.15) is 0 Å². The van der Waals surface area contributed by atoms with E-state index in [0.717, 1.165) is 75.8 Å². The Labute approximate surface area is 184 Å². The predicted molar refractivity (Wildman–Crippen MR) is 117 cm³/mol. The smallest absolute Gasteiger partial charge is 0.254 e. The molecule has 0 atom stereocenters. The molecule has 3 fully saturated rings. The monoisotopic (exact) mass is 423 g/mol. The van der Waals surface area contributed by atoms with E-state index in [1.807, 2.05) is 39.0 Å². The highest BCUT2D eigenvalue weighted by Crippen LogP contribution is 2.31. The SMILES string of the molecule is O=C(C1CCCC1)N1CCC(C(=O)N2CCC(N3Cc4ccccc4C3=O)CC2)CC1. The van der Waals surface area contributed by atoms with Crippen LogP contribution in [0.2, 0.25) is 0 Å². The first-order chi connectivity index (χ1) is 15.1. The third-order valence-corrected chi connectivity index (χ3v) is 7.93. The van der Waals surface area contributed by atoms with Crippen molar-refractivity contribution < 1.29 is 14.4 Å². The van der Waals surface area contributed by atoms with Crippen LogP contribution in [0.25, 0.3) is 0 Å². The minimum atomic E-state index is 0.0434. The van der Waals surface area contributed by atoms with Crippen molar-refractivity contribution in [1.29, 1.82) is 0 Å². The molecule has 0 bridgehead atoms. The lowest BCUT2D eigenvalue weighted by atomic mass is 9.92. The summed E-state index contributed by atoms with van der Waals surface area (Å²) in [5.74, 6) is 0.982. The third kappa shape index (κ3) is 3.97. The summed E-state index contributed by atoms with van der Waals surface area (Å²) in [6.45, 7) is 3.60. The van der Waals surface area contributed by atoms with Crippen LogP contribution >= 0.6 is 0 Å². The summed E-state index contributed by atoms with van der Waals surface area (Å²) in [6.07, 6.45) is 7.71. The van der Waals surface area contributed by atoms with Crippen LogP contribution in [0.1, 0.15) is 67.3 Å². The highest BCUT2D eigenvalue weighted by atomic mass is 16.2. The predicted octanol–water partition coefficient (Wildman–Crippen LogP) is 3.06. The molecule has 5 rings (SSSR count). The lowest BCUT2D eigenvalue weighted by Gasteiger charge is -2.39. The van der Waals surface area contributed by atoms with Gasteiger partial charge in [0.15, 0.2) is 0 Å². The third-order valence-electron chi connectivity index (χ3n) is 7.93. The van der Waals surface area contributed by atoms with Crippen LogP contribution in [0.5, 0.6) is 0 Å². The molecule has 3 amide bonds. The van der Waals surface area contributed by atoms with Gasteiger partial charge in [-0.3, -0.25) is 14.4 Å². The van der Waals surface area contributed by atoms with Crippen molar-refractivity contribution in [3.8, 4) is 0 Å². The molecule has 0 aromatic heterocycles. The molecule has 3 aliphatic heterocycles. The quantitative estimate of drug-likeness (QED) is 0.751. The second kappa shape index (κ2) is 8.64. The molecule has 1 aliphatic carbocycles. The van der Waals surface area contributed by atoms with E-state index in [1.54, 1.807) is 0 Å². The minimum absolute atomic E-state index is 0.0434. The summed E-state index contributed by atoms with van der Waals surface area (Å²) < 4.78 is 0. The molecule has 4 aliphatic rings. The highest BCUT2D eigenvalue weighted by Gasteiger charge is 2.37. The van der Waals surface area contributed by atoms with Crippen LogP contribution in [0.3, 0.4) is 0 Å². The fourth-order valence-corrected chi connectivity index (χ4v) is 6.01. The molecule has 0 unspecified atom stereocenters. The van der Waals surface area contributed by atoms with Crippen molar-refractivity contribution in [2.45, 2.75) is 64.0 Å². The van der Waals surface area contributed by atoms with Crippen molar-refractivity contribution >= 4 is 17.7 Å². The van der Waals surface area contributed by atoms with Crippen LogP contribution in [0.4, 0.5) is 0 Å². The number of rotatable bonds is 3. The number of hydrogen-bond acceptors (Lipinski definition) is 3. The first-order valence-electron chi connectivity index (χ1n) is 12.1.